The lowest BCUT2D eigenvalue weighted by molar-refractivity contribution is -0.140. The van der Waals surface area contributed by atoms with Crippen LogP contribution in [0.2, 0.25) is 0 Å². The molecule has 0 bridgehead atoms. The minimum absolute atomic E-state index is 0.0326. The Balaban J connectivity index is 1.77. The van der Waals surface area contributed by atoms with Gasteiger partial charge >= 0.3 is 5.97 Å². The maximum atomic E-state index is 13.5. The van der Waals surface area contributed by atoms with Gasteiger partial charge in [-0.3, -0.25) is 14.4 Å². The summed E-state index contributed by atoms with van der Waals surface area (Å²) in [4.78, 5) is 39.4. The number of phenols is 2. The summed E-state index contributed by atoms with van der Waals surface area (Å²) in [5, 5.41) is 21.0. The highest BCUT2D eigenvalue weighted by Gasteiger charge is 2.29. The van der Waals surface area contributed by atoms with Gasteiger partial charge in [0.2, 0.25) is 5.43 Å². The van der Waals surface area contributed by atoms with Crippen LogP contribution < -0.4 is 10.9 Å². The summed E-state index contributed by atoms with van der Waals surface area (Å²) in [5.41, 5.74) is 1.47. The lowest BCUT2D eigenvalue weighted by Gasteiger charge is -2.19. The van der Waals surface area contributed by atoms with Gasteiger partial charge in [-0.15, -0.1) is 0 Å². The zero-order chi connectivity index (χ0) is 26.3. The van der Waals surface area contributed by atoms with Crippen LogP contribution in [0.25, 0.3) is 33.1 Å². The number of aryl methyl sites for hydroxylation is 1. The monoisotopic (exact) mass is 498 g/mol. The van der Waals surface area contributed by atoms with Crippen LogP contribution in [0.4, 0.5) is 0 Å². The molecule has 0 saturated carbocycles. The SMILES string of the molecule is COC(=O)C[C@@H](c1coc2ccc(C)cc2c1=O)c1c(O)ccc2c(=O)c(-c3ccc(O)cc3)coc12. The van der Waals surface area contributed by atoms with Crippen LogP contribution in [0.15, 0.2) is 85.5 Å². The fourth-order valence-electron chi connectivity index (χ4n) is 4.51. The van der Waals surface area contributed by atoms with Gasteiger partial charge in [-0.1, -0.05) is 23.8 Å². The number of benzene rings is 3. The van der Waals surface area contributed by atoms with Crippen molar-refractivity contribution >= 4 is 27.9 Å². The Morgan fingerprint density at radius 2 is 1.68 bits per heavy atom. The standard InChI is InChI=1S/C29H22O8/c1-15-3-10-24-20(11-15)28(34)22(14-36-24)19(12-25(32)35-2)26-23(31)9-8-18-27(33)21(13-37-29(18)26)16-4-6-17(30)7-5-16/h3-11,13-14,19,30-31H,12H2,1-2H3/t19-/m0/s1. The number of carbonyl (C=O) groups excluding carboxylic acids is 1. The summed E-state index contributed by atoms with van der Waals surface area (Å²) in [6, 6.07) is 14.0. The first-order valence-corrected chi connectivity index (χ1v) is 11.4. The van der Waals surface area contributed by atoms with Crippen molar-refractivity contribution in [3.05, 3.63) is 104 Å². The molecular weight excluding hydrogens is 476 g/mol. The lowest BCUT2D eigenvalue weighted by atomic mass is 9.86. The highest BCUT2D eigenvalue weighted by molar-refractivity contribution is 5.88. The van der Waals surface area contributed by atoms with Gasteiger partial charge in [-0.05, 0) is 48.9 Å². The van der Waals surface area contributed by atoms with Gasteiger partial charge in [-0.25, -0.2) is 0 Å². The smallest absolute Gasteiger partial charge is 0.306 e. The molecule has 0 aliphatic heterocycles. The van der Waals surface area contributed by atoms with E-state index in [9.17, 15) is 24.6 Å². The Hall–Kier alpha value is -4.85. The molecule has 1 atom stereocenters. The molecule has 0 spiro atoms. The molecule has 37 heavy (non-hydrogen) atoms. The van der Waals surface area contributed by atoms with Crippen LogP contribution in [0.3, 0.4) is 0 Å². The van der Waals surface area contributed by atoms with E-state index in [1.165, 1.54) is 43.9 Å². The first-order chi connectivity index (χ1) is 17.8. The highest BCUT2D eigenvalue weighted by Crippen LogP contribution is 2.39. The number of ether oxygens (including phenoxy) is 1. The van der Waals surface area contributed by atoms with Gasteiger partial charge in [0.1, 0.15) is 28.9 Å². The largest absolute Gasteiger partial charge is 0.508 e. The lowest BCUT2D eigenvalue weighted by Crippen LogP contribution is -2.19. The van der Waals surface area contributed by atoms with E-state index < -0.39 is 11.9 Å². The molecule has 0 saturated heterocycles. The van der Waals surface area contributed by atoms with E-state index in [0.29, 0.717) is 16.5 Å². The van der Waals surface area contributed by atoms with Crippen LogP contribution in [0, 0.1) is 6.92 Å². The molecule has 186 valence electrons. The second-order valence-electron chi connectivity index (χ2n) is 8.75. The minimum atomic E-state index is -1.03. The number of esters is 1. The first kappa shape index (κ1) is 23.9. The molecule has 8 heteroatoms. The first-order valence-electron chi connectivity index (χ1n) is 11.4. The van der Waals surface area contributed by atoms with Crippen LogP contribution in [0.5, 0.6) is 11.5 Å². The normalized spacial score (nSPS) is 12.1. The Labute approximate surface area is 210 Å². The Morgan fingerprint density at radius 1 is 0.919 bits per heavy atom. The van der Waals surface area contributed by atoms with Crippen molar-refractivity contribution in [2.24, 2.45) is 0 Å². The summed E-state index contributed by atoms with van der Waals surface area (Å²) in [5.74, 6) is -1.87. The van der Waals surface area contributed by atoms with Gasteiger partial charge < -0.3 is 23.8 Å². The second kappa shape index (κ2) is 9.31. The quantitative estimate of drug-likeness (QED) is 0.325. The molecule has 0 radical (unpaired) electrons. The average molecular weight is 498 g/mol. The number of hydrogen-bond acceptors (Lipinski definition) is 8. The van der Waals surface area contributed by atoms with Crippen molar-refractivity contribution in [2.75, 3.05) is 7.11 Å². The number of carbonyl (C=O) groups is 1. The summed E-state index contributed by atoms with van der Waals surface area (Å²) in [6.07, 6.45) is 2.20. The Morgan fingerprint density at radius 3 is 2.41 bits per heavy atom. The number of aromatic hydroxyl groups is 2. The number of methoxy groups -OCH3 is 1. The molecule has 2 aromatic heterocycles. The van der Waals surface area contributed by atoms with Crippen molar-refractivity contribution in [3.63, 3.8) is 0 Å². The number of fused-ring (bicyclic) bond motifs is 2. The van der Waals surface area contributed by atoms with Gasteiger partial charge in [-0.2, -0.15) is 0 Å². The summed E-state index contributed by atoms with van der Waals surface area (Å²) in [7, 11) is 1.22. The molecule has 5 aromatic rings. The van der Waals surface area contributed by atoms with Crippen molar-refractivity contribution in [2.45, 2.75) is 19.3 Å². The van der Waals surface area contributed by atoms with E-state index >= 15 is 0 Å². The molecule has 0 amide bonds. The van der Waals surface area contributed by atoms with Gasteiger partial charge in [0.05, 0.1) is 36.1 Å². The van der Waals surface area contributed by atoms with Crippen LogP contribution in [0.1, 0.15) is 29.0 Å². The summed E-state index contributed by atoms with van der Waals surface area (Å²) >= 11 is 0. The third kappa shape index (κ3) is 4.23. The molecule has 5 rings (SSSR count). The fraction of sp³-hybridized carbons (Fsp3) is 0.138. The third-order valence-electron chi connectivity index (χ3n) is 6.41. The highest BCUT2D eigenvalue weighted by atomic mass is 16.5. The number of hydrogen-bond donors (Lipinski definition) is 2. The molecule has 0 aliphatic carbocycles. The number of phenolic OH excluding ortho intramolecular Hbond substituents is 2. The third-order valence-corrected chi connectivity index (χ3v) is 6.41. The Kier molecular flexibility index (Phi) is 6.01. The average Bonchev–Trinajstić information content (AvgIpc) is 2.89. The zero-order valence-corrected chi connectivity index (χ0v) is 20.0. The maximum Gasteiger partial charge on any atom is 0.306 e. The topological polar surface area (TPSA) is 127 Å². The Bertz CT molecular complexity index is 1780. The van der Waals surface area contributed by atoms with Crippen molar-refractivity contribution in [1.82, 2.24) is 0 Å². The van der Waals surface area contributed by atoms with E-state index in [0.717, 1.165) is 5.56 Å². The molecule has 0 fully saturated rings. The van der Waals surface area contributed by atoms with E-state index in [4.69, 9.17) is 13.6 Å². The maximum absolute atomic E-state index is 13.5. The molecular formula is C29H22O8. The summed E-state index contributed by atoms with van der Waals surface area (Å²) < 4.78 is 16.5. The fourth-order valence-corrected chi connectivity index (χ4v) is 4.51. The molecule has 2 heterocycles. The van der Waals surface area contributed by atoms with Crippen LogP contribution in [-0.2, 0) is 9.53 Å². The molecule has 0 aliphatic rings. The minimum Gasteiger partial charge on any atom is -0.508 e. The van der Waals surface area contributed by atoms with Crippen molar-refractivity contribution in [1.29, 1.82) is 0 Å². The predicted molar refractivity (Wildman–Crippen MR) is 137 cm³/mol. The van der Waals surface area contributed by atoms with Gasteiger partial charge in [0.15, 0.2) is 5.43 Å². The van der Waals surface area contributed by atoms with Crippen molar-refractivity contribution in [3.8, 4) is 22.6 Å². The molecule has 0 unspecified atom stereocenters. The molecule has 8 nitrogen and oxygen atoms in total. The van der Waals surface area contributed by atoms with Crippen LogP contribution in [-0.4, -0.2) is 23.3 Å². The van der Waals surface area contributed by atoms with Gasteiger partial charge in [0.25, 0.3) is 0 Å². The van der Waals surface area contributed by atoms with Crippen LogP contribution >= 0.6 is 0 Å². The molecule has 2 N–H and O–H groups in total. The van der Waals surface area contributed by atoms with E-state index in [2.05, 4.69) is 0 Å². The van der Waals surface area contributed by atoms with Crippen molar-refractivity contribution < 1.29 is 28.6 Å². The zero-order valence-electron chi connectivity index (χ0n) is 20.0. The van der Waals surface area contributed by atoms with E-state index in [1.807, 2.05) is 13.0 Å². The predicted octanol–water partition coefficient (Wildman–Crippen LogP) is 4.98. The number of rotatable bonds is 5. The molecule has 3 aromatic carbocycles. The van der Waals surface area contributed by atoms with E-state index in [1.54, 1.807) is 24.3 Å². The van der Waals surface area contributed by atoms with E-state index in [-0.39, 0.29) is 56.4 Å². The summed E-state index contributed by atoms with van der Waals surface area (Å²) in [6.45, 7) is 1.84. The second-order valence-corrected chi connectivity index (χ2v) is 8.75. The van der Waals surface area contributed by atoms with Gasteiger partial charge in [0, 0.05) is 17.0 Å².